The molecule has 4 nitrogen and oxygen atoms in total. The van der Waals surface area contributed by atoms with E-state index in [1.165, 1.54) is 31.9 Å². The zero-order chi connectivity index (χ0) is 75.2. The van der Waals surface area contributed by atoms with E-state index in [0.29, 0.717) is 33.4 Å². The molecule has 0 aliphatic rings. The monoisotopic (exact) mass is 1030 g/mol. The lowest BCUT2D eigenvalue weighted by Crippen LogP contribution is -2.31. The van der Waals surface area contributed by atoms with Gasteiger partial charge in [-0.15, -0.1) is 0 Å². The van der Waals surface area contributed by atoms with Gasteiger partial charge in [0.05, 0.1) is 0 Å². The van der Waals surface area contributed by atoms with Crippen LogP contribution >= 0.6 is 0 Å². The first-order chi connectivity index (χ1) is 44.2. The van der Waals surface area contributed by atoms with E-state index in [-0.39, 0.29) is 5.56 Å². The first kappa shape index (κ1) is 34.2. The van der Waals surface area contributed by atoms with Crippen LogP contribution < -0.4 is 18.3 Å². The number of nitrogens with zero attached hydrogens (tertiary/aromatic N) is 4. The highest BCUT2D eigenvalue weighted by atomic mass is 14.9. The topological polar surface area (TPSA) is 15.5 Å². The van der Waals surface area contributed by atoms with Crippen molar-refractivity contribution in [3.63, 3.8) is 0 Å². The molecule has 0 saturated heterocycles. The molecule has 0 bridgehead atoms. The zero-order valence-electron chi connectivity index (χ0n) is 70.1. The Morgan fingerprint density at radius 1 is 0.307 bits per heavy atom. The quantitative estimate of drug-likeness (QED) is 0.128. The number of hydrogen-bond donors (Lipinski definition) is 0. The normalized spacial score (nSPS) is 19.3. The minimum Gasteiger partial charge on any atom is -0.201 e. The van der Waals surface area contributed by atoms with E-state index in [0.717, 1.165) is 67.3 Å². The Kier molecular flexibility index (Phi) is 12.0. The predicted molar refractivity (Wildman–Crippen MR) is 321 cm³/mol. The first-order valence-corrected chi connectivity index (χ1v) is 25.1. The van der Waals surface area contributed by atoms with Gasteiger partial charge in [0.1, 0.15) is 28.2 Å². The van der Waals surface area contributed by atoms with E-state index >= 15 is 0 Å². The van der Waals surface area contributed by atoms with Crippen molar-refractivity contribution in [1.29, 1.82) is 0 Å². The van der Waals surface area contributed by atoms with Gasteiger partial charge in [-0.25, -0.2) is 18.3 Å². The fourth-order valence-corrected chi connectivity index (χ4v) is 8.77. The molecule has 394 valence electrons. The van der Waals surface area contributed by atoms with E-state index in [1.54, 1.807) is 139 Å². The molecule has 3 unspecified atom stereocenters. The highest BCUT2D eigenvalue weighted by Gasteiger charge is 2.19. The van der Waals surface area contributed by atoms with Crippen LogP contribution in [0.2, 0.25) is 0 Å². The van der Waals surface area contributed by atoms with Crippen LogP contribution in [0, 0.1) is 55.2 Å². The van der Waals surface area contributed by atoms with Gasteiger partial charge >= 0.3 is 0 Å². The van der Waals surface area contributed by atoms with Gasteiger partial charge in [-0.05, 0) is 166 Å². The molecule has 75 heavy (non-hydrogen) atoms. The van der Waals surface area contributed by atoms with E-state index in [2.05, 4.69) is 29.7 Å². The van der Waals surface area contributed by atoms with Crippen LogP contribution in [0.4, 0.5) is 0 Å². The Bertz CT molecular complexity index is 4040. The Labute approximate surface area is 488 Å². The van der Waals surface area contributed by atoms with E-state index in [1.807, 2.05) is 79.9 Å². The van der Waals surface area contributed by atoms with Gasteiger partial charge < -0.3 is 0 Å². The summed E-state index contributed by atoms with van der Waals surface area (Å²) in [6.45, 7) is 7.41. The smallest absolute Gasteiger partial charge is 0.201 e. The molecule has 0 aliphatic heterocycles. The summed E-state index contributed by atoms with van der Waals surface area (Å²) in [4.78, 5) is 0. The van der Waals surface area contributed by atoms with Crippen molar-refractivity contribution < 1.29 is 49.8 Å². The average Bonchev–Trinajstić information content (AvgIpc) is 0.785. The maximum atomic E-state index is 8.25. The molecule has 4 aromatic carbocycles. The van der Waals surface area contributed by atoms with Crippen LogP contribution in [0.1, 0.15) is 202 Å². The Morgan fingerprint density at radius 2 is 0.627 bits per heavy atom. The molecule has 0 aliphatic carbocycles. The van der Waals surface area contributed by atoms with Gasteiger partial charge in [0.15, 0.2) is 24.8 Å². The molecular weight excluding hydrogens is 909 g/mol. The van der Waals surface area contributed by atoms with Crippen LogP contribution in [-0.2, 0) is 28.2 Å². The van der Waals surface area contributed by atoms with Gasteiger partial charge in [0.2, 0.25) is 22.8 Å². The van der Waals surface area contributed by atoms with Gasteiger partial charge in [0, 0.05) is 100 Å². The SMILES string of the molecule is [2H]C(C)(C)c1ccc(-c2ccc(C([2H])(C)C)c[n+]2C)c(C)c1.[2H]C([2H])([2H])C([2H])(C)c1ccc(-c2ccc(C([2H])(C)C([2H])([2H])[2H])c[n+]2C)c(C)c1.[2H]C([2H])([2H])c1ccc(-c2cc(C)c(C([2H])([2H])[2H])c[n+]2C)c(C)c1.[2H]C([2H])([2H])c1ccc(-c2ccc(C([2H])(C)C([2H])([2H])[2H])c[n+]2C)c(C)c1. The number of aryl methyl sites for hydroxylation is 12. The summed E-state index contributed by atoms with van der Waals surface area (Å²) in [7, 11) is 7.37. The van der Waals surface area contributed by atoms with Gasteiger partial charge in [-0.1, -0.05) is 129 Å². The number of hydrogen-bond acceptors (Lipinski definition) is 0. The Morgan fingerprint density at radius 3 is 0.960 bits per heavy atom. The lowest BCUT2D eigenvalue weighted by molar-refractivity contribution is -0.661. The molecular formula is C71H94N4+4. The maximum Gasteiger partial charge on any atom is 0.212 e. The second kappa shape index (κ2) is 26.3. The number of aromatic nitrogens is 4. The summed E-state index contributed by atoms with van der Waals surface area (Å²) in [5.41, 5.74) is 15.8. The van der Waals surface area contributed by atoms with E-state index in [9.17, 15) is 0 Å². The second-order valence-electron chi connectivity index (χ2n) is 20.1. The third-order valence-corrected chi connectivity index (χ3v) is 13.3. The minimum absolute atomic E-state index is 0.286. The van der Waals surface area contributed by atoms with E-state index in [4.69, 9.17) is 31.5 Å². The summed E-state index contributed by atoms with van der Waals surface area (Å²) in [6.07, 6.45) is 6.93. The van der Waals surface area contributed by atoms with Crippen molar-refractivity contribution in [2.75, 3.05) is 0 Å². The summed E-state index contributed by atoms with van der Waals surface area (Å²) in [5, 5.41) is 0. The Balaban J connectivity index is 0.000000237. The minimum atomic E-state index is -2.45. The third kappa shape index (κ3) is 15.5. The van der Waals surface area contributed by atoms with Crippen molar-refractivity contribution >= 4 is 0 Å². The van der Waals surface area contributed by atoms with Gasteiger partial charge in [-0.2, -0.15) is 0 Å². The zero-order valence-corrected chi connectivity index (χ0v) is 47.1. The second-order valence-corrected chi connectivity index (χ2v) is 20.1. The van der Waals surface area contributed by atoms with Crippen LogP contribution in [0.25, 0.3) is 45.0 Å². The molecule has 4 heterocycles. The van der Waals surface area contributed by atoms with Gasteiger partial charge in [0.25, 0.3) is 0 Å². The van der Waals surface area contributed by atoms with Gasteiger partial charge in [-0.3, -0.25) is 0 Å². The van der Waals surface area contributed by atoms with Crippen molar-refractivity contribution in [3.05, 3.63) is 212 Å². The highest BCUT2D eigenvalue weighted by Crippen LogP contribution is 2.29. The molecule has 0 N–H and O–H groups in total. The molecule has 4 aromatic heterocycles. The van der Waals surface area contributed by atoms with Crippen LogP contribution in [-0.4, -0.2) is 0 Å². The summed E-state index contributed by atoms with van der Waals surface area (Å²) >= 11 is 0. The predicted octanol–water partition coefficient (Wildman–Crippen LogP) is 16.8. The number of pyridine rings is 4. The third-order valence-electron chi connectivity index (χ3n) is 13.3. The molecule has 8 rings (SSSR count). The Hall–Kier alpha value is -6.52. The molecule has 0 amide bonds. The molecule has 4 heteroatoms. The highest BCUT2D eigenvalue weighted by molar-refractivity contribution is 5.65. The number of rotatable bonds is 9. The summed E-state index contributed by atoms with van der Waals surface area (Å²) in [6, 6.07) is 34.2. The van der Waals surface area contributed by atoms with Crippen LogP contribution in [0.5, 0.6) is 0 Å². The lowest BCUT2D eigenvalue weighted by atomic mass is 9.95. The van der Waals surface area contributed by atoms with Crippen LogP contribution in [0.15, 0.2) is 140 Å². The van der Waals surface area contributed by atoms with E-state index < -0.39 is 70.6 Å². The van der Waals surface area contributed by atoms with Crippen molar-refractivity contribution in [2.24, 2.45) is 28.2 Å². The first-order valence-electron chi connectivity index (χ1n) is 36.6. The largest absolute Gasteiger partial charge is 0.212 e. The molecule has 0 spiro atoms. The molecule has 8 aromatic rings. The molecule has 3 atom stereocenters. The fourth-order valence-electron chi connectivity index (χ4n) is 8.77. The lowest BCUT2D eigenvalue weighted by Gasteiger charge is -2.11. The summed E-state index contributed by atoms with van der Waals surface area (Å²) < 4.78 is 184. The van der Waals surface area contributed by atoms with Crippen LogP contribution in [0.3, 0.4) is 0 Å². The maximum absolute atomic E-state index is 8.25. The summed E-state index contributed by atoms with van der Waals surface area (Å²) in [5.74, 6) is -6.32. The molecule has 0 saturated carbocycles. The number of benzene rings is 4. The van der Waals surface area contributed by atoms with Crippen molar-refractivity contribution in [3.8, 4) is 45.0 Å². The fraction of sp³-hybridized carbons (Fsp3) is 0.380. The van der Waals surface area contributed by atoms with Crippen molar-refractivity contribution in [1.82, 2.24) is 0 Å². The standard InChI is InChI=1S/2C19H26N.C17H22N.C16H20N/c2*1-13(2)16-7-9-18(15(5)11-16)19-10-8-17(14(3)4)12-20(19)6;1-12(2)15-7-9-17(18(5)11-15)16-8-6-13(3)10-14(16)4;1-11-6-7-15(13(3)8-11)16-9-12(2)14(4)10-17(16)5/h2*7-14H,1-6H3;6-12H,1-5H3;6-10H,1-5H3/q4*+1/i1D3,3D3,13D,14D;13D,14D;1D3,3D3,12D;1D3,4D3. The average molecular weight is 1030 g/mol. The molecule has 0 fully saturated rings. The van der Waals surface area contributed by atoms with Crippen molar-refractivity contribution in [2.45, 2.75) is 154 Å². The molecule has 0 radical (unpaired) electrons.